The molecule has 1 saturated heterocycles. The van der Waals surface area contributed by atoms with Gasteiger partial charge in [-0.2, -0.15) is 10.4 Å². The first kappa shape index (κ1) is 22.0. The predicted octanol–water partition coefficient (Wildman–Crippen LogP) is 2.35. The van der Waals surface area contributed by atoms with Crippen LogP contribution in [0.1, 0.15) is 51.8 Å². The van der Waals surface area contributed by atoms with E-state index in [0.717, 1.165) is 41.8 Å². The van der Waals surface area contributed by atoms with Gasteiger partial charge < -0.3 is 5.32 Å². The lowest BCUT2D eigenvalue weighted by molar-refractivity contribution is -0.117. The molecule has 0 spiro atoms. The lowest BCUT2D eigenvalue weighted by Crippen LogP contribution is -2.30. The van der Waals surface area contributed by atoms with Crippen molar-refractivity contribution in [2.75, 3.05) is 30.4 Å². The second-order valence-electron chi connectivity index (χ2n) is 8.54. The molecule has 4 rings (SSSR count). The Hall–Kier alpha value is -2.22. The van der Waals surface area contributed by atoms with Crippen LogP contribution in [0.2, 0.25) is 0 Å². The molecule has 0 aromatic carbocycles. The van der Waals surface area contributed by atoms with Crippen LogP contribution in [0.25, 0.3) is 0 Å². The lowest BCUT2D eigenvalue weighted by atomic mass is 10.1. The molecule has 10 heteroatoms. The molecule has 2 aliphatic rings. The highest BCUT2D eigenvalue weighted by Gasteiger charge is 2.31. The number of aromatic nitrogens is 2. The largest absolute Gasteiger partial charge is 0.315 e. The number of sulfone groups is 1. The summed E-state index contributed by atoms with van der Waals surface area (Å²) in [5.74, 6) is 0.199. The Morgan fingerprint density at radius 2 is 2.16 bits per heavy atom. The highest BCUT2D eigenvalue weighted by Crippen LogP contribution is 2.38. The topological polar surface area (TPSA) is 108 Å². The van der Waals surface area contributed by atoms with E-state index in [1.54, 1.807) is 0 Å². The molecule has 166 valence electrons. The quantitative estimate of drug-likeness (QED) is 0.707. The van der Waals surface area contributed by atoms with Gasteiger partial charge in [0, 0.05) is 22.7 Å². The molecule has 2 aromatic rings. The number of hydrogen-bond acceptors (Lipinski definition) is 7. The van der Waals surface area contributed by atoms with Gasteiger partial charge in [0.2, 0.25) is 5.91 Å². The standard InChI is InChI=1S/C21H27N5O3S2/c1-13-18(14(2)26(24-13)15-7-8-31(28,29)12-15)10-25(3)11-20(27)23-21-17(9-22)16-5-4-6-19(16)30-21/h15H,4-8,10-12H2,1-3H3,(H,23,27). The van der Waals surface area contributed by atoms with Gasteiger partial charge in [0.1, 0.15) is 11.1 Å². The van der Waals surface area contributed by atoms with E-state index < -0.39 is 9.84 Å². The summed E-state index contributed by atoms with van der Waals surface area (Å²) in [5.41, 5.74) is 4.55. The fourth-order valence-corrected chi connectivity index (χ4v) is 7.55. The summed E-state index contributed by atoms with van der Waals surface area (Å²) in [7, 11) is -1.11. The van der Waals surface area contributed by atoms with E-state index in [0.29, 0.717) is 23.5 Å². The molecule has 1 aliphatic carbocycles. The summed E-state index contributed by atoms with van der Waals surface area (Å²) in [4.78, 5) is 15.7. The van der Waals surface area contributed by atoms with Gasteiger partial charge in [-0.3, -0.25) is 14.4 Å². The van der Waals surface area contributed by atoms with Gasteiger partial charge in [0.15, 0.2) is 9.84 Å². The maximum absolute atomic E-state index is 12.6. The normalized spacial score (nSPS) is 19.5. The zero-order valence-corrected chi connectivity index (χ0v) is 19.7. The third-order valence-electron chi connectivity index (χ3n) is 6.16. The molecule has 1 fully saturated rings. The minimum absolute atomic E-state index is 0.115. The van der Waals surface area contributed by atoms with E-state index in [1.165, 1.54) is 16.2 Å². The van der Waals surface area contributed by atoms with E-state index in [1.807, 2.05) is 30.5 Å². The maximum atomic E-state index is 12.6. The Balaban J connectivity index is 1.41. The van der Waals surface area contributed by atoms with Crippen LogP contribution >= 0.6 is 11.3 Å². The first-order valence-corrected chi connectivity index (χ1v) is 13.1. The average Bonchev–Trinajstić information content (AvgIpc) is 3.41. The second-order valence-corrected chi connectivity index (χ2v) is 11.9. The van der Waals surface area contributed by atoms with E-state index in [2.05, 4.69) is 16.5 Å². The lowest BCUT2D eigenvalue weighted by Gasteiger charge is -2.17. The third-order valence-corrected chi connectivity index (χ3v) is 9.11. The van der Waals surface area contributed by atoms with Gasteiger partial charge in [-0.25, -0.2) is 8.42 Å². The zero-order valence-electron chi connectivity index (χ0n) is 18.1. The summed E-state index contributed by atoms with van der Waals surface area (Å²) in [6.45, 7) is 4.61. The third kappa shape index (κ3) is 4.40. The number of hydrogen-bond donors (Lipinski definition) is 1. The average molecular weight is 462 g/mol. The van der Waals surface area contributed by atoms with E-state index in [9.17, 15) is 18.5 Å². The zero-order chi connectivity index (χ0) is 22.3. The number of anilines is 1. The van der Waals surface area contributed by atoms with Crippen LogP contribution in [0.4, 0.5) is 5.00 Å². The number of nitrogens with one attached hydrogen (secondary N) is 1. The van der Waals surface area contributed by atoms with Crippen molar-refractivity contribution in [3.8, 4) is 6.07 Å². The van der Waals surface area contributed by atoms with Crippen LogP contribution in [-0.4, -0.2) is 54.1 Å². The number of fused-ring (bicyclic) bond motifs is 1. The van der Waals surface area contributed by atoms with Gasteiger partial charge >= 0.3 is 0 Å². The first-order chi connectivity index (χ1) is 14.7. The van der Waals surface area contributed by atoms with E-state index in [4.69, 9.17) is 0 Å². The molecule has 0 saturated carbocycles. The Morgan fingerprint density at radius 3 is 2.84 bits per heavy atom. The second kappa shape index (κ2) is 8.37. The monoisotopic (exact) mass is 461 g/mol. The summed E-state index contributed by atoms with van der Waals surface area (Å²) >= 11 is 1.52. The van der Waals surface area contributed by atoms with Gasteiger partial charge in [-0.15, -0.1) is 11.3 Å². The van der Waals surface area contributed by atoms with E-state index >= 15 is 0 Å². The van der Waals surface area contributed by atoms with Crippen LogP contribution in [-0.2, 0) is 34.0 Å². The smallest absolute Gasteiger partial charge is 0.239 e. The summed E-state index contributed by atoms with van der Waals surface area (Å²) in [6, 6.07) is 2.14. The summed E-state index contributed by atoms with van der Waals surface area (Å²) < 4.78 is 25.5. The fraction of sp³-hybridized carbons (Fsp3) is 0.571. The van der Waals surface area contributed by atoms with Crippen LogP contribution in [0.5, 0.6) is 0 Å². The number of thiophene rings is 1. The molecule has 0 radical (unpaired) electrons. The summed E-state index contributed by atoms with van der Waals surface area (Å²) in [5, 5.41) is 17.7. The number of carbonyl (C=O) groups excluding carboxylic acids is 1. The molecule has 1 atom stereocenters. The molecule has 1 unspecified atom stereocenters. The van der Waals surface area contributed by atoms with Crippen molar-refractivity contribution in [1.82, 2.24) is 14.7 Å². The molecule has 8 nitrogen and oxygen atoms in total. The first-order valence-electron chi connectivity index (χ1n) is 10.5. The van der Waals surface area contributed by atoms with Crippen LogP contribution in [0.3, 0.4) is 0 Å². The fourth-order valence-electron chi connectivity index (χ4n) is 4.60. The van der Waals surface area contributed by atoms with Crippen molar-refractivity contribution in [1.29, 1.82) is 5.26 Å². The Bertz CT molecular complexity index is 1170. The molecular formula is C21H27N5O3S2. The van der Waals surface area contributed by atoms with Gasteiger partial charge in [0.05, 0.1) is 35.3 Å². The van der Waals surface area contributed by atoms with Gasteiger partial charge in [-0.1, -0.05) is 0 Å². The van der Waals surface area contributed by atoms with Crippen molar-refractivity contribution in [3.05, 3.63) is 33.0 Å². The minimum atomic E-state index is -2.98. The number of nitriles is 1. The van der Waals surface area contributed by atoms with Crippen molar-refractivity contribution in [3.63, 3.8) is 0 Å². The number of carbonyl (C=O) groups is 1. The van der Waals surface area contributed by atoms with Crippen LogP contribution in [0, 0.1) is 25.2 Å². The highest BCUT2D eigenvalue weighted by atomic mass is 32.2. The predicted molar refractivity (Wildman–Crippen MR) is 120 cm³/mol. The molecular weight excluding hydrogens is 434 g/mol. The molecule has 1 amide bonds. The van der Waals surface area contributed by atoms with Crippen LogP contribution < -0.4 is 5.32 Å². The minimum Gasteiger partial charge on any atom is -0.315 e. The van der Waals surface area contributed by atoms with Crippen molar-refractivity contribution in [2.24, 2.45) is 0 Å². The maximum Gasteiger partial charge on any atom is 0.239 e. The van der Waals surface area contributed by atoms with Crippen molar-refractivity contribution < 1.29 is 13.2 Å². The number of nitrogens with zero attached hydrogens (tertiary/aromatic N) is 4. The SMILES string of the molecule is Cc1nn(C2CCS(=O)(=O)C2)c(C)c1CN(C)CC(=O)Nc1sc2c(c1C#N)CCC2. The molecule has 0 bridgehead atoms. The Kier molecular flexibility index (Phi) is 5.94. The Labute approximate surface area is 186 Å². The number of rotatable bonds is 6. The number of aryl methyl sites for hydroxylation is 2. The molecule has 2 aromatic heterocycles. The summed E-state index contributed by atoms with van der Waals surface area (Å²) in [6.07, 6.45) is 3.56. The number of likely N-dealkylation sites (N-methyl/N-ethyl adjacent to an activating group) is 1. The Morgan fingerprint density at radius 1 is 1.39 bits per heavy atom. The molecule has 3 heterocycles. The number of amides is 1. The van der Waals surface area contributed by atoms with Gasteiger partial charge in [0.25, 0.3) is 0 Å². The van der Waals surface area contributed by atoms with Gasteiger partial charge in [-0.05, 0) is 52.1 Å². The van der Waals surface area contributed by atoms with Crippen molar-refractivity contribution >= 4 is 32.1 Å². The molecule has 31 heavy (non-hydrogen) atoms. The van der Waals surface area contributed by atoms with Crippen LogP contribution in [0.15, 0.2) is 0 Å². The van der Waals surface area contributed by atoms with E-state index in [-0.39, 0.29) is 30.0 Å². The molecule has 1 N–H and O–H groups in total. The molecule has 1 aliphatic heterocycles. The highest BCUT2D eigenvalue weighted by molar-refractivity contribution is 7.91. The van der Waals surface area contributed by atoms with Crippen molar-refractivity contribution in [2.45, 2.75) is 52.1 Å².